The molecule has 0 atom stereocenters. The molecule has 0 aliphatic carbocycles. The van der Waals surface area contributed by atoms with Crippen LogP contribution < -0.4 is 4.90 Å². The van der Waals surface area contributed by atoms with E-state index in [1.54, 1.807) is 6.33 Å². The molecule has 1 aliphatic heterocycles. The first kappa shape index (κ1) is 15.3. The van der Waals surface area contributed by atoms with Gasteiger partial charge in [0.15, 0.2) is 11.4 Å². The van der Waals surface area contributed by atoms with E-state index < -0.39 is 0 Å². The Kier molecular flexibility index (Phi) is 3.82. The quantitative estimate of drug-likeness (QED) is 0.781. The number of pyridine rings is 1. The molecule has 3 aromatic rings. The third-order valence-corrected chi connectivity index (χ3v) is 4.76. The molecule has 126 valence electrons. The van der Waals surface area contributed by atoms with Crippen molar-refractivity contribution in [3.05, 3.63) is 23.7 Å². The van der Waals surface area contributed by atoms with E-state index in [-0.39, 0.29) is 6.61 Å². The van der Waals surface area contributed by atoms with Crippen LogP contribution in [-0.4, -0.2) is 64.3 Å². The number of rotatable bonds is 3. The molecule has 3 aromatic heterocycles. The molecule has 7 nitrogen and oxygen atoms in total. The van der Waals surface area contributed by atoms with Gasteiger partial charge in [0, 0.05) is 38.4 Å². The van der Waals surface area contributed by atoms with Crippen molar-refractivity contribution in [2.24, 2.45) is 0 Å². The predicted octanol–water partition coefficient (Wildman–Crippen LogP) is 1.50. The zero-order chi connectivity index (χ0) is 16.7. The lowest BCUT2D eigenvalue weighted by Crippen LogP contribution is -2.47. The summed E-state index contributed by atoms with van der Waals surface area (Å²) in [6.07, 6.45) is 1.60. The molecule has 0 saturated carbocycles. The summed E-state index contributed by atoms with van der Waals surface area (Å²) >= 11 is 0. The number of hydrogen-bond donors (Lipinski definition) is 1. The molecule has 4 rings (SSSR count). The number of aliphatic hydroxyl groups is 1. The average Bonchev–Trinajstić information content (AvgIpc) is 2.94. The van der Waals surface area contributed by atoms with Crippen LogP contribution in [0, 0.1) is 13.8 Å². The lowest BCUT2D eigenvalue weighted by molar-refractivity contribution is 0.188. The highest BCUT2D eigenvalue weighted by Crippen LogP contribution is 2.32. The number of hydrogen-bond acceptors (Lipinski definition) is 7. The molecule has 0 unspecified atom stereocenters. The van der Waals surface area contributed by atoms with Crippen LogP contribution in [-0.2, 0) is 0 Å². The van der Waals surface area contributed by atoms with E-state index in [4.69, 9.17) is 9.52 Å². The number of furan rings is 1. The zero-order valence-electron chi connectivity index (χ0n) is 14.0. The summed E-state index contributed by atoms with van der Waals surface area (Å²) in [5, 5.41) is 10.0. The van der Waals surface area contributed by atoms with Crippen LogP contribution in [0.3, 0.4) is 0 Å². The van der Waals surface area contributed by atoms with Crippen molar-refractivity contribution in [1.82, 2.24) is 19.9 Å². The average molecular weight is 327 g/mol. The summed E-state index contributed by atoms with van der Waals surface area (Å²) in [4.78, 5) is 17.9. The minimum Gasteiger partial charge on any atom is -0.432 e. The van der Waals surface area contributed by atoms with Crippen molar-refractivity contribution in [3.63, 3.8) is 0 Å². The van der Waals surface area contributed by atoms with Crippen LogP contribution in [0.4, 0.5) is 5.82 Å². The summed E-state index contributed by atoms with van der Waals surface area (Å²) < 4.78 is 6.02. The van der Waals surface area contributed by atoms with E-state index >= 15 is 0 Å². The molecule has 1 saturated heterocycles. The molecule has 4 heterocycles. The molecule has 0 aromatic carbocycles. The van der Waals surface area contributed by atoms with Crippen LogP contribution in [0.1, 0.15) is 11.3 Å². The van der Waals surface area contributed by atoms with Crippen LogP contribution >= 0.6 is 0 Å². The highest BCUT2D eigenvalue weighted by Gasteiger charge is 2.23. The fourth-order valence-corrected chi connectivity index (χ4v) is 3.23. The molecular formula is C17H21N5O2. The second-order valence-corrected chi connectivity index (χ2v) is 6.27. The van der Waals surface area contributed by atoms with Crippen LogP contribution in [0.5, 0.6) is 0 Å². The van der Waals surface area contributed by atoms with Gasteiger partial charge >= 0.3 is 0 Å². The van der Waals surface area contributed by atoms with E-state index in [0.29, 0.717) is 11.3 Å². The Hall–Kier alpha value is -2.25. The first-order valence-electron chi connectivity index (χ1n) is 8.27. The molecule has 7 heteroatoms. The first-order chi connectivity index (χ1) is 11.7. The lowest BCUT2D eigenvalue weighted by atomic mass is 10.2. The van der Waals surface area contributed by atoms with E-state index in [0.717, 1.165) is 60.7 Å². The normalized spacial score (nSPS) is 16.4. The number of β-amino-alcohol motifs (C(OH)–C–C–N with tert-alkyl or cyclic N) is 1. The second kappa shape index (κ2) is 5.99. The Morgan fingerprint density at radius 3 is 2.71 bits per heavy atom. The number of aliphatic hydroxyl groups excluding tert-OH is 1. The summed E-state index contributed by atoms with van der Waals surface area (Å²) in [5.41, 5.74) is 4.24. The minimum absolute atomic E-state index is 0.200. The molecule has 0 radical (unpaired) electrons. The van der Waals surface area contributed by atoms with Gasteiger partial charge in [-0.1, -0.05) is 0 Å². The van der Waals surface area contributed by atoms with Gasteiger partial charge < -0.3 is 14.4 Å². The van der Waals surface area contributed by atoms with Crippen molar-refractivity contribution in [2.45, 2.75) is 13.8 Å². The molecule has 0 amide bonds. The number of fused-ring (bicyclic) bond motifs is 3. The van der Waals surface area contributed by atoms with E-state index in [9.17, 15) is 0 Å². The van der Waals surface area contributed by atoms with E-state index in [2.05, 4.69) is 30.8 Å². The Bertz CT molecular complexity index is 883. The zero-order valence-corrected chi connectivity index (χ0v) is 14.0. The molecule has 1 N–H and O–H groups in total. The van der Waals surface area contributed by atoms with E-state index in [1.165, 1.54) is 0 Å². The van der Waals surface area contributed by atoms with Crippen molar-refractivity contribution < 1.29 is 9.52 Å². The monoisotopic (exact) mass is 327 g/mol. The van der Waals surface area contributed by atoms with Gasteiger partial charge in [-0.15, -0.1) is 0 Å². The summed E-state index contributed by atoms with van der Waals surface area (Å²) in [6, 6.07) is 2.08. The molecule has 0 bridgehead atoms. The summed E-state index contributed by atoms with van der Waals surface area (Å²) in [5.74, 6) is 0.831. The maximum Gasteiger partial charge on any atom is 0.229 e. The van der Waals surface area contributed by atoms with Gasteiger partial charge in [0.25, 0.3) is 0 Å². The molecule has 1 aliphatic rings. The number of piperazine rings is 1. The SMILES string of the molecule is Cc1cc2c(nc1C)oc1c(N3CCN(CCO)CC3)ncnc12. The predicted molar refractivity (Wildman–Crippen MR) is 92.3 cm³/mol. The maximum absolute atomic E-state index is 9.07. The minimum atomic E-state index is 0.200. The van der Waals surface area contributed by atoms with Crippen molar-refractivity contribution >= 4 is 28.0 Å². The largest absolute Gasteiger partial charge is 0.432 e. The standard InChI is InChI=1S/C17H21N5O2/c1-11-9-13-14-15(24-17(13)20-12(11)2)16(19-10-18-14)22-5-3-21(4-6-22)7-8-23/h9-10,23H,3-8H2,1-2H3. The number of aromatic nitrogens is 3. The van der Waals surface area contributed by atoms with Crippen LogP contribution in [0.2, 0.25) is 0 Å². The van der Waals surface area contributed by atoms with E-state index in [1.807, 2.05) is 13.8 Å². The third kappa shape index (κ3) is 2.50. The lowest BCUT2D eigenvalue weighted by Gasteiger charge is -2.34. The molecule has 24 heavy (non-hydrogen) atoms. The number of nitrogens with zero attached hydrogens (tertiary/aromatic N) is 5. The fraction of sp³-hybridized carbons (Fsp3) is 0.471. The van der Waals surface area contributed by atoms with Crippen LogP contribution in [0.25, 0.3) is 22.2 Å². The highest BCUT2D eigenvalue weighted by molar-refractivity contribution is 6.04. The van der Waals surface area contributed by atoms with Gasteiger partial charge in [-0.05, 0) is 25.5 Å². The summed E-state index contributed by atoms with van der Waals surface area (Å²) in [6.45, 7) is 8.47. The molecular weight excluding hydrogens is 306 g/mol. The maximum atomic E-state index is 9.07. The Balaban J connectivity index is 1.74. The van der Waals surface area contributed by atoms with Gasteiger partial charge in [0.1, 0.15) is 11.8 Å². The Labute approximate surface area is 139 Å². The molecule has 0 spiro atoms. The third-order valence-electron chi connectivity index (χ3n) is 4.76. The van der Waals surface area contributed by atoms with Gasteiger partial charge in [0.2, 0.25) is 5.71 Å². The van der Waals surface area contributed by atoms with Gasteiger partial charge in [-0.2, -0.15) is 0 Å². The highest BCUT2D eigenvalue weighted by atomic mass is 16.3. The molecule has 1 fully saturated rings. The van der Waals surface area contributed by atoms with Gasteiger partial charge in [-0.3, -0.25) is 4.90 Å². The number of anilines is 1. The van der Waals surface area contributed by atoms with Gasteiger partial charge in [0.05, 0.1) is 12.0 Å². The topological polar surface area (TPSA) is 78.5 Å². The Morgan fingerprint density at radius 1 is 1.17 bits per heavy atom. The van der Waals surface area contributed by atoms with Gasteiger partial charge in [-0.25, -0.2) is 15.0 Å². The van der Waals surface area contributed by atoms with Crippen LogP contribution in [0.15, 0.2) is 16.8 Å². The summed E-state index contributed by atoms with van der Waals surface area (Å²) in [7, 11) is 0. The Morgan fingerprint density at radius 2 is 1.96 bits per heavy atom. The second-order valence-electron chi connectivity index (χ2n) is 6.27. The first-order valence-corrected chi connectivity index (χ1v) is 8.27. The van der Waals surface area contributed by atoms with Crippen molar-refractivity contribution in [1.29, 1.82) is 0 Å². The smallest absolute Gasteiger partial charge is 0.229 e. The van der Waals surface area contributed by atoms with Crippen molar-refractivity contribution in [3.8, 4) is 0 Å². The number of aryl methyl sites for hydroxylation is 2. The fourth-order valence-electron chi connectivity index (χ4n) is 3.23. The van der Waals surface area contributed by atoms with Crippen molar-refractivity contribution in [2.75, 3.05) is 44.2 Å².